The number of halogens is 1. The van der Waals surface area contributed by atoms with Crippen LogP contribution in [0.25, 0.3) is 0 Å². The number of rotatable bonds is 2. The summed E-state index contributed by atoms with van der Waals surface area (Å²) in [6.07, 6.45) is 5.94. The lowest BCUT2D eigenvalue weighted by Gasteiger charge is -2.33. The lowest BCUT2D eigenvalue weighted by molar-refractivity contribution is -0.137. The molecule has 3 fully saturated rings. The highest BCUT2D eigenvalue weighted by molar-refractivity contribution is 5.85. The number of hydrogen-bond acceptors (Lipinski definition) is 3. The Balaban J connectivity index is 0.00000133. The van der Waals surface area contributed by atoms with E-state index in [4.69, 9.17) is 4.74 Å². The van der Waals surface area contributed by atoms with E-state index in [1.54, 1.807) is 7.11 Å². The van der Waals surface area contributed by atoms with Crippen LogP contribution >= 0.6 is 12.4 Å². The second-order valence-corrected chi connectivity index (χ2v) is 6.15. The average Bonchev–Trinajstić information content (AvgIpc) is 3.12. The third-order valence-electron chi connectivity index (χ3n) is 5.11. The van der Waals surface area contributed by atoms with Crippen molar-refractivity contribution in [3.63, 3.8) is 0 Å². The molecule has 0 aromatic rings. The molecule has 5 heteroatoms. The van der Waals surface area contributed by atoms with E-state index in [0.29, 0.717) is 17.2 Å². The van der Waals surface area contributed by atoms with Crippen LogP contribution in [0.5, 0.6) is 0 Å². The number of carbonyl (C=O) groups excluding carboxylic acids is 1. The molecule has 1 aliphatic carbocycles. The largest absolute Gasteiger partial charge is 0.380 e. The van der Waals surface area contributed by atoms with Crippen LogP contribution in [0, 0.1) is 11.3 Å². The Hall–Kier alpha value is -0.320. The maximum absolute atomic E-state index is 12.5. The van der Waals surface area contributed by atoms with E-state index in [2.05, 4.69) is 10.2 Å². The predicted octanol–water partition coefficient (Wildman–Crippen LogP) is 1.44. The fourth-order valence-electron chi connectivity index (χ4n) is 3.73. The average molecular weight is 289 g/mol. The molecule has 2 aliphatic heterocycles. The molecular weight excluding hydrogens is 264 g/mol. The van der Waals surface area contributed by atoms with Crippen LogP contribution in [-0.2, 0) is 9.53 Å². The third kappa shape index (κ3) is 2.91. The molecule has 1 spiro atoms. The molecule has 1 amide bonds. The van der Waals surface area contributed by atoms with Crippen LogP contribution in [0.2, 0.25) is 0 Å². The van der Waals surface area contributed by atoms with Crippen molar-refractivity contribution in [2.24, 2.45) is 11.3 Å². The van der Waals surface area contributed by atoms with Crippen molar-refractivity contribution in [1.29, 1.82) is 0 Å². The first-order valence-electron chi connectivity index (χ1n) is 7.27. The molecule has 3 rings (SSSR count). The Morgan fingerprint density at radius 2 is 2.11 bits per heavy atom. The Morgan fingerprint density at radius 3 is 2.79 bits per heavy atom. The van der Waals surface area contributed by atoms with Gasteiger partial charge in [0.15, 0.2) is 0 Å². The molecule has 1 saturated carbocycles. The van der Waals surface area contributed by atoms with E-state index < -0.39 is 0 Å². The monoisotopic (exact) mass is 288 g/mol. The zero-order valence-corrected chi connectivity index (χ0v) is 12.5. The second kappa shape index (κ2) is 5.98. The molecule has 19 heavy (non-hydrogen) atoms. The number of likely N-dealkylation sites (tertiary alicyclic amines) is 1. The maximum atomic E-state index is 12.5. The maximum Gasteiger partial charge on any atom is 0.226 e. The summed E-state index contributed by atoms with van der Waals surface area (Å²) in [5, 5.41) is 3.39. The molecule has 2 saturated heterocycles. The van der Waals surface area contributed by atoms with Crippen molar-refractivity contribution in [2.45, 2.75) is 38.2 Å². The quantitative estimate of drug-likeness (QED) is 0.836. The number of piperidine rings is 2. The van der Waals surface area contributed by atoms with Crippen LogP contribution in [-0.4, -0.2) is 50.2 Å². The smallest absolute Gasteiger partial charge is 0.226 e. The van der Waals surface area contributed by atoms with Crippen molar-refractivity contribution in [3.05, 3.63) is 0 Å². The lowest BCUT2D eigenvalue weighted by Crippen LogP contribution is -2.44. The summed E-state index contributed by atoms with van der Waals surface area (Å²) < 4.78 is 5.40. The second-order valence-electron chi connectivity index (χ2n) is 6.15. The fraction of sp³-hybridized carbons (Fsp3) is 0.929. The Labute approximate surface area is 121 Å². The minimum atomic E-state index is 0. The van der Waals surface area contributed by atoms with Gasteiger partial charge in [0.1, 0.15) is 0 Å². The molecule has 110 valence electrons. The highest BCUT2D eigenvalue weighted by Crippen LogP contribution is 2.59. The summed E-state index contributed by atoms with van der Waals surface area (Å²) in [5.74, 6) is 0.717. The molecule has 3 aliphatic rings. The van der Waals surface area contributed by atoms with Gasteiger partial charge in [0.2, 0.25) is 5.91 Å². The minimum Gasteiger partial charge on any atom is -0.380 e. The van der Waals surface area contributed by atoms with Gasteiger partial charge in [-0.15, -0.1) is 12.4 Å². The molecule has 0 aromatic carbocycles. The van der Waals surface area contributed by atoms with E-state index in [9.17, 15) is 4.79 Å². The summed E-state index contributed by atoms with van der Waals surface area (Å²) in [6.45, 7) is 3.92. The van der Waals surface area contributed by atoms with E-state index >= 15 is 0 Å². The molecule has 4 nitrogen and oxygen atoms in total. The summed E-state index contributed by atoms with van der Waals surface area (Å²) in [7, 11) is 1.75. The van der Waals surface area contributed by atoms with Crippen LogP contribution in [0.1, 0.15) is 32.1 Å². The first kappa shape index (κ1) is 15.1. The molecule has 0 aromatic heterocycles. The van der Waals surface area contributed by atoms with Gasteiger partial charge in [-0.25, -0.2) is 0 Å². The number of carbonyl (C=O) groups is 1. The Bertz CT molecular complexity index is 327. The number of amides is 1. The predicted molar refractivity (Wildman–Crippen MR) is 76.5 cm³/mol. The van der Waals surface area contributed by atoms with Crippen LogP contribution in [0.15, 0.2) is 0 Å². The van der Waals surface area contributed by atoms with Crippen molar-refractivity contribution >= 4 is 18.3 Å². The first-order chi connectivity index (χ1) is 8.75. The Kier molecular flexibility index (Phi) is 4.75. The number of ether oxygens (including phenoxy) is 1. The number of nitrogens with one attached hydrogen (secondary N) is 1. The van der Waals surface area contributed by atoms with Gasteiger partial charge in [0.25, 0.3) is 0 Å². The highest BCUT2D eigenvalue weighted by Gasteiger charge is 2.58. The van der Waals surface area contributed by atoms with Gasteiger partial charge in [0, 0.05) is 26.1 Å². The van der Waals surface area contributed by atoms with Crippen LogP contribution < -0.4 is 5.32 Å². The number of hydrogen-bond donors (Lipinski definition) is 1. The summed E-state index contributed by atoms with van der Waals surface area (Å²) in [4.78, 5) is 14.6. The zero-order valence-electron chi connectivity index (χ0n) is 11.7. The summed E-state index contributed by atoms with van der Waals surface area (Å²) >= 11 is 0. The van der Waals surface area contributed by atoms with Crippen LogP contribution in [0.4, 0.5) is 0 Å². The van der Waals surface area contributed by atoms with Crippen molar-refractivity contribution in [1.82, 2.24) is 10.2 Å². The SMILES string of the molecule is COC1CCCN(C(=O)C2CC23CCNCC3)C1.Cl. The molecular formula is C14H25ClN2O2. The molecule has 2 heterocycles. The number of methoxy groups -OCH3 is 1. The first-order valence-corrected chi connectivity index (χ1v) is 7.27. The van der Waals surface area contributed by atoms with Crippen molar-refractivity contribution < 1.29 is 9.53 Å². The van der Waals surface area contributed by atoms with E-state index in [1.807, 2.05) is 0 Å². The van der Waals surface area contributed by atoms with Gasteiger partial charge >= 0.3 is 0 Å². The lowest BCUT2D eigenvalue weighted by atomic mass is 9.91. The standard InChI is InChI=1S/C14H24N2O2.ClH/c1-18-11-3-2-8-16(10-11)13(17)12-9-14(12)4-6-15-7-5-14;/h11-12,15H,2-10H2,1H3;1H. The van der Waals surface area contributed by atoms with Gasteiger partial charge in [-0.1, -0.05) is 0 Å². The minimum absolute atomic E-state index is 0. The fourth-order valence-corrected chi connectivity index (χ4v) is 3.73. The van der Waals surface area contributed by atoms with Gasteiger partial charge in [-0.2, -0.15) is 0 Å². The zero-order chi connectivity index (χ0) is 12.6. The van der Waals surface area contributed by atoms with E-state index in [1.165, 1.54) is 12.8 Å². The van der Waals surface area contributed by atoms with Crippen molar-refractivity contribution in [2.75, 3.05) is 33.3 Å². The molecule has 1 N–H and O–H groups in total. The normalized spacial score (nSPS) is 32.8. The molecule has 2 unspecified atom stereocenters. The van der Waals surface area contributed by atoms with Crippen LogP contribution in [0.3, 0.4) is 0 Å². The van der Waals surface area contributed by atoms with Gasteiger partial charge in [-0.05, 0) is 50.6 Å². The van der Waals surface area contributed by atoms with E-state index in [-0.39, 0.29) is 18.5 Å². The summed E-state index contributed by atoms with van der Waals surface area (Å²) in [6, 6.07) is 0. The summed E-state index contributed by atoms with van der Waals surface area (Å²) in [5.41, 5.74) is 0.363. The molecule has 0 radical (unpaired) electrons. The topological polar surface area (TPSA) is 41.6 Å². The van der Waals surface area contributed by atoms with Gasteiger partial charge < -0.3 is 15.0 Å². The van der Waals surface area contributed by atoms with Gasteiger partial charge in [-0.3, -0.25) is 4.79 Å². The third-order valence-corrected chi connectivity index (χ3v) is 5.11. The Morgan fingerprint density at radius 1 is 1.37 bits per heavy atom. The number of nitrogens with zero attached hydrogens (tertiary/aromatic N) is 1. The van der Waals surface area contributed by atoms with Crippen molar-refractivity contribution in [3.8, 4) is 0 Å². The van der Waals surface area contributed by atoms with Gasteiger partial charge in [0.05, 0.1) is 6.10 Å². The highest BCUT2D eigenvalue weighted by atomic mass is 35.5. The molecule has 0 bridgehead atoms. The molecule has 2 atom stereocenters. The van der Waals surface area contributed by atoms with E-state index in [0.717, 1.165) is 45.4 Å².